The Bertz CT molecular complexity index is 3510. The standard InChI is InChI=1S/C69H91ClN12O10S/c1-43(2)61(73-31-30-72-58(83)22-16-32-81-59(84)40-57(66(81)89)93-69(3,4)47-17-11-9-7-6-8-10-12-18-47)64(87)78-53(21-15-29-74-67(71)90)63(86)75-48-25-23-44(24-26-48)62(85)76-49-27-28-52-45(37-49)38-54(77-52)65(88)82-42-46(41-70)60-51-20-14-13-19-50(51)56(39-55(60)82)92-68(91)80-35-33-79(5)34-36-80/h13-14,19-20,23-28,37-39,43,46-47,53,57,61,73,77H,6-12,15-18,21-22,29-36,40-42H2,1-5H3,(H,72,83)(H,75,86)(H,76,85)(H,78,87)(H3,71,74,90)/t46-,53+,57?,61+/m1/s1. The molecule has 5 aromatic rings. The molecule has 2 saturated heterocycles. The van der Waals surface area contributed by atoms with Crippen LogP contribution in [-0.4, -0.2) is 167 Å². The van der Waals surface area contributed by atoms with Crippen molar-refractivity contribution in [3.63, 3.8) is 0 Å². The van der Waals surface area contributed by atoms with Gasteiger partial charge < -0.3 is 62.1 Å². The Balaban J connectivity index is 0.751. The molecule has 1 aromatic heterocycles. The van der Waals surface area contributed by atoms with E-state index >= 15 is 0 Å². The first-order valence-electron chi connectivity index (χ1n) is 33.0. The number of benzene rings is 4. The molecular weight excluding hydrogens is 1220 g/mol. The van der Waals surface area contributed by atoms with Crippen LogP contribution in [0.1, 0.15) is 150 Å². The average Bonchev–Trinajstić information content (AvgIpc) is 1.64. The van der Waals surface area contributed by atoms with E-state index in [0.717, 1.165) is 42.3 Å². The number of urea groups is 1. The molecule has 1 unspecified atom stereocenters. The fourth-order valence-corrected chi connectivity index (χ4v) is 15.0. The van der Waals surface area contributed by atoms with E-state index in [-0.39, 0.29) is 97.1 Å². The summed E-state index contributed by atoms with van der Waals surface area (Å²) in [7, 11) is 2.01. The first kappa shape index (κ1) is 69.6. The van der Waals surface area contributed by atoms with Gasteiger partial charge in [-0.2, -0.15) is 0 Å². The third kappa shape index (κ3) is 18.2. The molecule has 0 radical (unpaired) electrons. The zero-order valence-corrected chi connectivity index (χ0v) is 55.7. The predicted molar refractivity (Wildman–Crippen MR) is 365 cm³/mol. The van der Waals surface area contributed by atoms with Crippen molar-refractivity contribution in [2.75, 3.05) is 87.4 Å². The summed E-state index contributed by atoms with van der Waals surface area (Å²) in [5.41, 5.74) is 8.88. The summed E-state index contributed by atoms with van der Waals surface area (Å²) in [6.07, 6.45) is 11.6. The van der Waals surface area contributed by atoms with Gasteiger partial charge in [-0.3, -0.25) is 38.5 Å². The number of aromatic nitrogens is 1. The van der Waals surface area contributed by atoms with Crippen LogP contribution in [0, 0.1) is 11.8 Å². The van der Waals surface area contributed by atoms with Crippen LogP contribution in [0.5, 0.6) is 5.75 Å². The molecule has 4 aliphatic rings. The van der Waals surface area contributed by atoms with Crippen molar-refractivity contribution in [2.24, 2.45) is 17.6 Å². The maximum absolute atomic E-state index is 14.5. The second-order valence-corrected chi connectivity index (χ2v) is 28.1. The van der Waals surface area contributed by atoms with Gasteiger partial charge in [-0.15, -0.1) is 23.4 Å². The number of nitrogens with one attached hydrogen (secondary N) is 7. The van der Waals surface area contributed by atoms with Crippen molar-refractivity contribution < 1.29 is 47.9 Å². The van der Waals surface area contributed by atoms with Crippen LogP contribution in [0.4, 0.5) is 26.7 Å². The lowest BCUT2D eigenvalue weighted by molar-refractivity contribution is -0.138. The van der Waals surface area contributed by atoms with Crippen LogP contribution in [0.15, 0.2) is 78.9 Å². The second-order valence-electron chi connectivity index (χ2n) is 26.0. The molecular formula is C69H91ClN12O10S. The lowest BCUT2D eigenvalue weighted by atomic mass is 9.84. The Morgan fingerprint density at radius 1 is 0.785 bits per heavy atom. The highest BCUT2D eigenvalue weighted by molar-refractivity contribution is 8.02. The number of nitrogens with zero attached hydrogens (tertiary/aromatic N) is 4. The molecule has 3 fully saturated rings. The molecule has 1 saturated carbocycles. The number of carbonyl (C=O) groups is 9. The number of fused-ring (bicyclic) bond motifs is 4. The fourth-order valence-electron chi connectivity index (χ4n) is 13.1. The first-order chi connectivity index (χ1) is 44.7. The minimum absolute atomic E-state index is 0.112. The topological polar surface area (TPSA) is 290 Å². The number of likely N-dealkylation sites (N-methyl/N-ethyl adjacent to an activating group) is 1. The van der Waals surface area contributed by atoms with Crippen molar-refractivity contribution in [1.82, 2.24) is 41.0 Å². The number of rotatable bonds is 25. The molecule has 9 N–H and O–H groups in total. The van der Waals surface area contributed by atoms with E-state index in [4.69, 9.17) is 22.1 Å². The smallest absolute Gasteiger partial charge is 0.409 e. The van der Waals surface area contributed by atoms with Crippen LogP contribution in [0.25, 0.3) is 21.7 Å². The lowest BCUT2D eigenvalue weighted by Crippen LogP contribution is -2.54. The molecule has 4 heterocycles. The molecule has 500 valence electrons. The molecule has 10 amide bonds. The number of amides is 10. The third-order valence-electron chi connectivity index (χ3n) is 18.4. The van der Waals surface area contributed by atoms with Gasteiger partial charge in [-0.25, -0.2) is 9.59 Å². The number of imide groups is 1. The molecule has 93 heavy (non-hydrogen) atoms. The Morgan fingerprint density at radius 2 is 1.47 bits per heavy atom. The molecule has 24 heteroatoms. The molecule has 9 rings (SSSR count). The van der Waals surface area contributed by atoms with Crippen LogP contribution in [0.2, 0.25) is 0 Å². The number of halogens is 1. The molecule has 3 aliphatic heterocycles. The van der Waals surface area contributed by atoms with Gasteiger partial charge >= 0.3 is 12.1 Å². The zero-order valence-electron chi connectivity index (χ0n) is 54.2. The van der Waals surface area contributed by atoms with Gasteiger partial charge in [0.15, 0.2) is 0 Å². The van der Waals surface area contributed by atoms with Gasteiger partial charge in [0.25, 0.3) is 11.8 Å². The number of carbonyl (C=O) groups excluding carboxylic acids is 9. The number of piperazine rings is 1. The number of anilines is 3. The number of ether oxygens (including phenoxy) is 1. The summed E-state index contributed by atoms with van der Waals surface area (Å²) < 4.78 is 5.94. The van der Waals surface area contributed by atoms with Gasteiger partial charge in [-0.05, 0) is 110 Å². The van der Waals surface area contributed by atoms with Gasteiger partial charge in [0.05, 0.1) is 17.0 Å². The minimum atomic E-state index is -1.04. The highest BCUT2D eigenvalue weighted by Crippen LogP contribution is 2.47. The zero-order chi connectivity index (χ0) is 66.3. The second kappa shape index (κ2) is 32.4. The number of hydrogen-bond acceptors (Lipinski definition) is 13. The van der Waals surface area contributed by atoms with E-state index in [1.165, 1.54) is 49.8 Å². The molecule has 0 bridgehead atoms. The maximum atomic E-state index is 14.5. The van der Waals surface area contributed by atoms with Crippen LogP contribution < -0.4 is 47.3 Å². The highest BCUT2D eigenvalue weighted by atomic mass is 35.5. The van der Waals surface area contributed by atoms with Gasteiger partial charge in [-0.1, -0.05) is 96.9 Å². The molecule has 4 atom stereocenters. The number of aromatic amines is 1. The molecule has 4 aromatic carbocycles. The van der Waals surface area contributed by atoms with E-state index in [1.807, 2.05) is 45.2 Å². The first-order valence-corrected chi connectivity index (χ1v) is 34.4. The Kier molecular flexibility index (Phi) is 24.3. The van der Waals surface area contributed by atoms with Crippen molar-refractivity contribution in [3.8, 4) is 5.75 Å². The summed E-state index contributed by atoms with van der Waals surface area (Å²) in [5.74, 6) is -1.65. The Hall–Kier alpha value is -7.73. The van der Waals surface area contributed by atoms with E-state index in [9.17, 15) is 43.2 Å². The quantitative estimate of drug-likeness (QED) is 0.0154. The predicted octanol–water partition coefficient (Wildman–Crippen LogP) is 9.46. The van der Waals surface area contributed by atoms with Gasteiger partial charge in [0.2, 0.25) is 29.5 Å². The van der Waals surface area contributed by atoms with Crippen molar-refractivity contribution in [1.29, 1.82) is 0 Å². The van der Waals surface area contributed by atoms with E-state index in [1.54, 1.807) is 76.2 Å². The molecule has 22 nitrogen and oxygen atoms in total. The Labute approximate surface area is 553 Å². The largest absolute Gasteiger partial charge is 0.415 e. The lowest BCUT2D eigenvalue weighted by Gasteiger charge is -2.36. The number of thioether (sulfide) groups is 1. The monoisotopic (exact) mass is 1310 g/mol. The molecule has 1 aliphatic carbocycles. The van der Waals surface area contributed by atoms with Crippen molar-refractivity contribution >= 4 is 116 Å². The fraction of sp³-hybridized carbons (Fsp3) is 0.522. The number of primary amides is 1. The average molecular weight is 1320 g/mol. The highest BCUT2D eigenvalue weighted by Gasteiger charge is 2.44. The summed E-state index contributed by atoms with van der Waals surface area (Å²) >= 11 is 8.23. The molecule has 0 spiro atoms. The van der Waals surface area contributed by atoms with Crippen LogP contribution in [0.3, 0.4) is 0 Å². The van der Waals surface area contributed by atoms with Crippen LogP contribution in [-0.2, 0) is 24.0 Å². The van der Waals surface area contributed by atoms with E-state index in [0.29, 0.717) is 77.8 Å². The Morgan fingerprint density at radius 3 is 2.16 bits per heavy atom. The van der Waals surface area contributed by atoms with Crippen LogP contribution >= 0.6 is 23.4 Å². The third-order valence-corrected chi connectivity index (χ3v) is 20.4. The van der Waals surface area contributed by atoms with Gasteiger partial charge in [0.1, 0.15) is 17.5 Å². The number of hydrogen-bond donors (Lipinski definition) is 8. The van der Waals surface area contributed by atoms with E-state index < -0.39 is 47.2 Å². The maximum Gasteiger partial charge on any atom is 0.415 e. The minimum Gasteiger partial charge on any atom is -0.409 e. The van der Waals surface area contributed by atoms with E-state index in [2.05, 4.69) is 55.6 Å². The summed E-state index contributed by atoms with van der Waals surface area (Å²) in [6, 6.07) is 20.1. The normalized spacial score (nSPS) is 18.3. The number of alkyl halides is 1. The van der Waals surface area contributed by atoms with Gasteiger partial charge in [0, 0.05) is 128 Å². The summed E-state index contributed by atoms with van der Waals surface area (Å²) in [6.45, 7) is 11.8. The summed E-state index contributed by atoms with van der Waals surface area (Å²) in [4.78, 5) is 131. The van der Waals surface area contributed by atoms with Crippen molar-refractivity contribution in [3.05, 3.63) is 95.7 Å². The SMILES string of the molecule is CC(C)[C@H](NCCNC(=O)CCCN1C(=O)CC(SC(C)(C)C2CCCCCCCCC2)C1=O)C(=O)N[C@@H](CCCNC(N)=O)C(=O)Nc1ccc(C(=O)Nc2ccc3[nH]c(C(=O)N4C[C@@H](CCl)c5c4cc(OC(=O)N4CCN(C)CC4)c4ccccc54)cc3c2)cc1. The summed E-state index contributed by atoms with van der Waals surface area (Å²) in [5, 5.41) is 19.1. The van der Waals surface area contributed by atoms with Crippen molar-refractivity contribution in [2.45, 2.75) is 146 Å². The number of H-pyrrole nitrogens is 1. The number of nitrogens with two attached hydrogens (primary N) is 1. The number of likely N-dealkylation sites (tertiary alicyclic amines) is 1.